The number of hydrazine groups is 1. The van der Waals surface area contributed by atoms with Crippen LogP contribution in [-0.4, -0.2) is 24.5 Å². The van der Waals surface area contributed by atoms with Gasteiger partial charge in [0.05, 0.1) is 6.61 Å². The predicted octanol–water partition coefficient (Wildman–Crippen LogP) is 2.93. The van der Waals surface area contributed by atoms with Crippen LogP contribution in [0.3, 0.4) is 0 Å². The lowest BCUT2D eigenvalue weighted by Gasteiger charge is -2.16. The van der Waals surface area contributed by atoms with Gasteiger partial charge in [-0.05, 0) is 69.2 Å². The maximum atomic E-state index is 12.2. The number of carbonyl (C=O) groups excluding carboxylic acids is 2. The highest BCUT2D eigenvalue weighted by Crippen LogP contribution is 2.18. The lowest BCUT2D eigenvalue weighted by Crippen LogP contribution is -2.47. The third-order valence-corrected chi connectivity index (χ3v) is 3.97. The summed E-state index contributed by atoms with van der Waals surface area (Å²) in [6, 6.07) is 12.4. The molecule has 0 aliphatic heterocycles. The maximum Gasteiger partial charge on any atom is 0.279 e. The lowest BCUT2D eigenvalue weighted by molar-refractivity contribution is -0.128. The summed E-state index contributed by atoms with van der Waals surface area (Å²) in [5, 5.41) is 0. The molecule has 6 heteroatoms. The molecule has 138 valence electrons. The molecule has 2 amide bonds. The average molecular weight is 356 g/mol. The van der Waals surface area contributed by atoms with Gasteiger partial charge >= 0.3 is 0 Å². The first-order chi connectivity index (χ1) is 12.4. The molecule has 2 aromatic rings. The summed E-state index contributed by atoms with van der Waals surface area (Å²) in [6.07, 6.45) is -0.771. The number of amides is 2. The Morgan fingerprint density at radius 3 is 2.31 bits per heavy atom. The Morgan fingerprint density at radius 2 is 1.65 bits per heavy atom. The molecular formula is C20H24N2O4. The Bertz CT molecular complexity index is 772. The molecule has 1 unspecified atom stereocenters. The van der Waals surface area contributed by atoms with Gasteiger partial charge < -0.3 is 9.47 Å². The van der Waals surface area contributed by atoms with Crippen molar-refractivity contribution in [3.8, 4) is 11.5 Å². The summed E-state index contributed by atoms with van der Waals surface area (Å²) in [5.41, 5.74) is 7.21. The standard InChI is InChI=1S/C20H24N2O4/c1-5-25-16-9-11-17(12-10-16)26-15(4)19(23)21-22-20(24)18-8-6-7-13(2)14(18)3/h6-12,15H,5H2,1-4H3,(H,21,23)(H,22,24). The summed E-state index contributed by atoms with van der Waals surface area (Å²) < 4.78 is 10.9. The third kappa shape index (κ3) is 4.99. The van der Waals surface area contributed by atoms with Gasteiger partial charge in [-0.2, -0.15) is 0 Å². The van der Waals surface area contributed by atoms with Crippen molar-refractivity contribution in [1.82, 2.24) is 10.9 Å². The summed E-state index contributed by atoms with van der Waals surface area (Å²) in [4.78, 5) is 24.4. The number of ether oxygens (including phenoxy) is 2. The highest BCUT2D eigenvalue weighted by atomic mass is 16.5. The van der Waals surface area contributed by atoms with Gasteiger partial charge in [0.25, 0.3) is 11.8 Å². The molecule has 2 rings (SSSR count). The molecule has 2 aromatic carbocycles. The van der Waals surface area contributed by atoms with Crippen LogP contribution >= 0.6 is 0 Å². The molecule has 0 saturated carbocycles. The highest BCUT2D eigenvalue weighted by Gasteiger charge is 2.17. The molecule has 0 radical (unpaired) electrons. The number of hydrogen-bond acceptors (Lipinski definition) is 4. The molecule has 1 atom stereocenters. The molecule has 0 aromatic heterocycles. The topological polar surface area (TPSA) is 76.7 Å². The zero-order valence-corrected chi connectivity index (χ0v) is 15.5. The summed E-state index contributed by atoms with van der Waals surface area (Å²) in [7, 11) is 0. The van der Waals surface area contributed by atoms with E-state index in [2.05, 4.69) is 10.9 Å². The van der Waals surface area contributed by atoms with Crippen molar-refractivity contribution in [2.75, 3.05) is 6.61 Å². The van der Waals surface area contributed by atoms with Gasteiger partial charge in [-0.3, -0.25) is 20.4 Å². The average Bonchev–Trinajstić information content (AvgIpc) is 2.63. The van der Waals surface area contributed by atoms with E-state index in [0.717, 1.165) is 16.9 Å². The van der Waals surface area contributed by atoms with E-state index in [9.17, 15) is 9.59 Å². The molecule has 0 heterocycles. The van der Waals surface area contributed by atoms with Crippen LogP contribution in [0.2, 0.25) is 0 Å². The summed E-state index contributed by atoms with van der Waals surface area (Å²) in [6.45, 7) is 7.89. The molecular weight excluding hydrogens is 332 g/mol. The van der Waals surface area contributed by atoms with Gasteiger partial charge in [0.1, 0.15) is 11.5 Å². The predicted molar refractivity (Wildman–Crippen MR) is 99.2 cm³/mol. The van der Waals surface area contributed by atoms with Crippen LogP contribution in [0, 0.1) is 13.8 Å². The number of benzene rings is 2. The number of nitrogens with one attached hydrogen (secondary N) is 2. The van der Waals surface area contributed by atoms with Gasteiger partial charge in [0.2, 0.25) is 0 Å². The number of hydrogen-bond donors (Lipinski definition) is 2. The van der Waals surface area contributed by atoms with E-state index in [0.29, 0.717) is 17.9 Å². The van der Waals surface area contributed by atoms with E-state index in [1.165, 1.54) is 0 Å². The smallest absolute Gasteiger partial charge is 0.279 e. The van der Waals surface area contributed by atoms with Crippen LogP contribution in [0.1, 0.15) is 35.3 Å². The largest absolute Gasteiger partial charge is 0.494 e. The molecule has 2 N–H and O–H groups in total. The molecule has 0 aliphatic rings. The summed E-state index contributed by atoms with van der Waals surface area (Å²) in [5.74, 6) is 0.458. The van der Waals surface area contributed by atoms with E-state index in [1.807, 2.05) is 26.8 Å². The number of aryl methyl sites for hydroxylation is 1. The maximum absolute atomic E-state index is 12.2. The fourth-order valence-electron chi connectivity index (χ4n) is 2.32. The van der Waals surface area contributed by atoms with Gasteiger partial charge in [-0.15, -0.1) is 0 Å². The number of carbonyl (C=O) groups is 2. The summed E-state index contributed by atoms with van der Waals surface area (Å²) >= 11 is 0. The van der Waals surface area contributed by atoms with Crippen molar-refractivity contribution in [1.29, 1.82) is 0 Å². The van der Waals surface area contributed by atoms with Crippen LogP contribution in [-0.2, 0) is 4.79 Å². The van der Waals surface area contributed by atoms with Gasteiger partial charge in [0, 0.05) is 5.56 Å². The second-order valence-corrected chi connectivity index (χ2v) is 5.86. The van der Waals surface area contributed by atoms with E-state index >= 15 is 0 Å². The zero-order chi connectivity index (χ0) is 19.1. The van der Waals surface area contributed by atoms with Crippen molar-refractivity contribution in [2.24, 2.45) is 0 Å². The molecule has 26 heavy (non-hydrogen) atoms. The first-order valence-electron chi connectivity index (χ1n) is 8.48. The van der Waals surface area contributed by atoms with Crippen LogP contribution in [0.15, 0.2) is 42.5 Å². The Balaban J connectivity index is 1.88. The van der Waals surface area contributed by atoms with Gasteiger partial charge in [-0.1, -0.05) is 12.1 Å². The van der Waals surface area contributed by atoms with Crippen molar-refractivity contribution in [3.63, 3.8) is 0 Å². The van der Waals surface area contributed by atoms with Crippen molar-refractivity contribution >= 4 is 11.8 Å². The normalized spacial score (nSPS) is 11.4. The Hall–Kier alpha value is -3.02. The zero-order valence-electron chi connectivity index (χ0n) is 15.5. The van der Waals surface area contributed by atoms with E-state index < -0.39 is 12.0 Å². The Kier molecular flexibility index (Phi) is 6.60. The first-order valence-corrected chi connectivity index (χ1v) is 8.48. The first kappa shape index (κ1) is 19.3. The second-order valence-electron chi connectivity index (χ2n) is 5.86. The molecule has 0 bridgehead atoms. The van der Waals surface area contributed by atoms with Gasteiger partial charge in [0.15, 0.2) is 6.10 Å². The molecule has 6 nitrogen and oxygen atoms in total. The fraction of sp³-hybridized carbons (Fsp3) is 0.300. The molecule has 0 saturated heterocycles. The van der Waals surface area contributed by atoms with Gasteiger partial charge in [-0.25, -0.2) is 0 Å². The highest BCUT2D eigenvalue weighted by molar-refractivity contribution is 5.97. The third-order valence-electron chi connectivity index (χ3n) is 3.97. The Labute approximate surface area is 153 Å². The van der Waals surface area contributed by atoms with E-state index in [1.54, 1.807) is 43.3 Å². The molecule has 0 fully saturated rings. The monoisotopic (exact) mass is 356 g/mol. The van der Waals surface area contributed by atoms with Crippen molar-refractivity contribution in [2.45, 2.75) is 33.8 Å². The Morgan fingerprint density at radius 1 is 1.00 bits per heavy atom. The van der Waals surface area contributed by atoms with Crippen LogP contribution in [0.25, 0.3) is 0 Å². The lowest BCUT2D eigenvalue weighted by atomic mass is 10.0. The fourth-order valence-corrected chi connectivity index (χ4v) is 2.32. The van der Waals surface area contributed by atoms with Crippen LogP contribution in [0.4, 0.5) is 0 Å². The second kappa shape index (κ2) is 8.89. The molecule has 0 spiro atoms. The molecule has 0 aliphatic carbocycles. The van der Waals surface area contributed by atoms with Crippen molar-refractivity contribution in [3.05, 3.63) is 59.2 Å². The van der Waals surface area contributed by atoms with E-state index in [4.69, 9.17) is 9.47 Å². The van der Waals surface area contributed by atoms with Crippen LogP contribution < -0.4 is 20.3 Å². The van der Waals surface area contributed by atoms with Crippen molar-refractivity contribution < 1.29 is 19.1 Å². The van der Waals surface area contributed by atoms with E-state index in [-0.39, 0.29) is 5.91 Å². The minimum Gasteiger partial charge on any atom is -0.494 e. The van der Waals surface area contributed by atoms with Crippen LogP contribution in [0.5, 0.6) is 11.5 Å². The minimum absolute atomic E-state index is 0.368. The number of rotatable bonds is 6. The minimum atomic E-state index is -0.771. The quantitative estimate of drug-likeness (QED) is 0.780. The SMILES string of the molecule is CCOc1ccc(OC(C)C(=O)NNC(=O)c2cccc(C)c2C)cc1.